The number of hydrogen-bond donors (Lipinski definition) is 3. The molecule has 1 heterocycles. The Kier molecular flexibility index (Phi) is 5.45. The molecule has 0 aromatic heterocycles. The van der Waals surface area contributed by atoms with Gasteiger partial charge in [-0.25, -0.2) is 0 Å². The summed E-state index contributed by atoms with van der Waals surface area (Å²) in [6.07, 6.45) is 0.957. The number of carboxylic acid groups (broad SMARTS) is 1. The van der Waals surface area contributed by atoms with Crippen molar-refractivity contribution in [1.29, 1.82) is 0 Å². The van der Waals surface area contributed by atoms with E-state index in [4.69, 9.17) is 21.4 Å². The molecule has 1 amide bonds. The maximum Gasteiger partial charge on any atom is 0.305 e. The average Bonchev–Trinajstić information content (AvgIpc) is 2.81. The summed E-state index contributed by atoms with van der Waals surface area (Å²) < 4.78 is 4.96. The number of ether oxygens (including phenoxy) is 1. The second-order valence-corrected chi connectivity index (χ2v) is 5.99. The lowest BCUT2D eigenvalue weighted by Crippen LogP contribution is -2.26. The number of aliphatic carboxylic acids is 1. The molecule has 0 aliphatic carbocycles. The third kappa shape index (κ3) is 4.36. The van der Waals surface area contributed by atoms with Crippen LogP contribution in [0.2, 0.25) is 5.02 Å². The summed E-state index contributed by atoms with van der Waals surface area (Å²) in [7, 11) is 1.42. The lowest BCUT2D eigenvalue weighted by Gasteiger charge is -2.05. The smallest absolute Gasteiger partial charge is 0.305 e. The Labute approximate surface area is 140 Å². The van der Waals surface area contributed by atoms with Crippen LogP contribution in [0.25, 0.3) is 0 Å². The van der Waals surface area contributed by atoms with Crippen LogP contribution in [-0.2, 0) is 9.59 Å². The molecule has 1 saturated heterocycles. The predicted octanol–water partition coefficient (Wildman–Crippen LogP) is 1.45. The molecule has 3 N–H and O–H groups in total. The molecule has 10 heteroatoms. The van der Waals surface area contributed by atoms with E-state index in [1.807, 2.05) is 0 Å². The standard InChI is InChI=1S/C13H12ClN3O5S/c1-22-9-3-8(18)6(2-7(9)14)5-15-17-13-16-12(21)10(23-13)4-11(19)20/h2-3,5,10,18H,4H2,1H3,(H,19,20)(H,16,17,21). The summed E-state index contributed by atoms with van der Waals surface area (Å²) in [5.74, 6) is -1.27. The number of phenolic OH excluding ortho intramolecular Hbond substituents is 1. The minimum atomic E-state index is -1.07. The van der Waals surface area contributed by atoms with Crippen molar-refractivity contribution in [3.8, 4) is 11.5 Å². The highest BCUT2D eigenvalue weighted by Crippen LogP contribution is 2.31. The summed E-state index contributed by atoms with van der Waals surface area (Å²) in [6, 6.07) is 2.79. The van der Waals surface area contributed by atoms with Gasteiger partial charge in [-0.15, -0.1) is 5.10 Å². The van der Waals surface area contributed by atoms with Crippen LogP contribution < -0.4 is 10.1 Å². The van der Waals surface area contributed by atoms with Gasteiger partial charge in [0.1, 0.15) is 16.7 Å². The maximum atomic E-state index is 11.5. The number of hydrogen-bond acceptors (Lipinski definition) is 7. The van der Waals surface area contributed by atoms with Crippen LogP contribution >= 0.6 is 23.4 Å². The predicted molar refractivity (Wildman–Crippen MR) is 86.5 cm³/mol. The number of thioether (sulfide) groups is 1. The number of nitrogens with one attached hydrogen (secondary N) is 1. The summed E-state index contributed by atoms with van der Waals surface area (Å²) >= 11 is 6.93. The van der Waals surface area contributed by atoms with Gasteiger partial charge in [-0.05, 0) is 6.07 Å². The topological polar surface area (TPSA) is 121 Å². The molecule has 0 spiro atoms. The van der Waals surface area contributed by atoms with Crippen LogP contribution in [0, 0.1) is 0 Å². The van der Waals surface area contributed by atoms with E-state index in [0.29, 0.717) is 16.3 Å². The zero-order valence-corrected chi connectivity index (χ0v) is 13.4. The highest BCUT2D eigenvalue weighted by Gasteiger charge is 2.32. The fraction of sp³-hybridized carbons (Fsp3) is 0.231. The molecule has 1 aromatic carbocycles. The number of amidine groups is 1. The molecule has 0 bridgehead atoms. The Hall–Kier alpha value is -2.26. The van der Waals surface area contributed by atoms with E-state index < -0.39 is 17.1 Å². The first-order valence-electron chi connectivity index (χ1n) is 6.27. The van der Waals surface area contributed by atoms with Gasteiger partial charge < -0.3 is 20.3 Å². The molecule has 1 aromatic rings. The fourth-order valence-corrected chi connectivity index (χ4v) is 2.87. The lowest BCUT2D eigenvalue weighted by atomic mass is 10.2. The molecule has 1 aliphatic rings. The van der Waals surface area contributed by atoms with Crippen molar-refractivity contribution < 1.29 is 24.5 Å². The lowest BCUT2D eigenvalue weighted by molar-refractivity contribution is -0.138. The molecular formula is C13H12ClN3O5S. The second kappa shape index (κ2) is 7.34. The van der Waals surface area contributed by atoms with Crippen LogP contribution in [0.3, 0.4) is 0 Å². The number of halogens is 1. The SMILES string of the molecule is COc1cc(O)c(C=NN=C2NC(=O)C(CC(=O)O)S2)cc1Cl. The number of carbonyl (C=O) groups is 2. The number of carbonyl (C=O) groups excluding carboxylic acids is 1. The number of nitrogens with zero attached hydrogens (tertiary/aromatic N) is 2. The molecule has 1 aliphatic heterocycles. The number of aromatic hydroxyl groups is 1. The van der Waals surface area contributed by atoms with Crippen LogP contribution in [0.4, 0.5) is 0 Å². The highest BCUT2D eigenvalue weighted by atomic mass is 35.5. The van der Waals surface area contributed by atoms with E-state index in [9.17, 15) is 14.7 Å². The van der Waals surface area contributed by atoms with E-state index in [1.165, 1.54) is 25.5 Å². The van der Waals surface area contributed by atoms with Crippen LogP contribution in [-0.4, -0.2) is 45.8 Å². The zero-order valence-electron chi connectivity index (χ0n) is 11.8. The van der Waals surface area contributed by atoms with Crippen molar-refractivity contribution in [2.75, 3.05) is 7.11 Å². The molecule has 23 heavy (non-hydrogen) atoms. The Bertz CT molecular complexity index is 707. The monoisotopic (exact) mass is 357 g/mol. The molecule has 0 saturated carbocycles. The van der Waals surface area contributed by atoms with E-state index >= 15 is 0 Å². The van der Waals surface area contributed by atoms with Crippen molar-refractivity contribution in [2.24, 2.45) is 10.2 Å². The Morgan fingerprint density at radius 1 is 1.57 bits per heavy atom. The van der Waals surface area contributed by atoms with Crippen molar-refractivity contribution in [1.82, 2.24) is 5.32 Å². The maximum absolute atomic E-state index is 11.5. The largest absolute Gasteiger partial charge is 0.507 e. The minimum absolute atomic E-state index is 0.0953. The van der Waals surface area contributed by atoms with Crippen molar-refractivity contribution in [3.63, 3.8) is 0 Å². The molecule has 2 rings (SSSR count). The van der Waals surface area contributed by atoms with Gasteiger partial charge in [-0.2, -0.15) is 5.10 Å². The second-order valence-electron chi connectivity index (χ2n) is 4.39. The van der Waals surface area contributed by atoms with E-state index in [2.05, 4.69) is 15.5 Å². The fourth-order valence-electron chi connectivity index (χ4n) is 1.71. The third-order valence-corrected chi connectivity index (χ3v) is 4.15. The van der Waals surface area contributed by atoms with Crippen molar-refractivity contribution >= 4 is 46.6 Å². The molecular weight excluding hydrogens is 346 g/mol. The zero-order chi connectivity index (χ0) is 17.0. The average molecular weight is 358 g/mol. The number of amides is 1. The number of phenols is 1. The van der Waals surface area contributed by atoms with Crippen LogP contribution in [0.5, 0.6) is 11.5 Å². The molecule has 122 valence electrons. The van der Waals surface area contributed by atoms with E-state index in [-0.39, 0.29) is 17.3 Å². The number of methoxy groups -OCH3 is 1. The molecule has 1 fully saturated rings. The normalized spacial score (nSPS) is 19.3. The molecule has 8 nitrogen and oxygen atoms in total. The Balaban J connectivity index is 2.08. The van der Waals surface area contributed by atoms with Gasteiger partial charge in [0.15, 0.2) is 5.17 Å². The summed E-state index contributed by atoms with van der Waals surface area (Å²) in [4.78, 5) is 22.1. The third-order valence-electron chi connectivity index (χ3n) is 2.78. The van der Waals surface area contributed by atoms with Gasteiger partial charge in [0, 0.05) is 11.6 Å². The molecule has 1 unspecified atom stereocenters. The first kappa shape index (κ1) is 17.1. The Morgan fingerprint density at radius 3 is 2.96 bits per heavy atom. The molecule has 1 atom stereocenters. The van der Waals surface area contributed by atoms with Gasteiger partial charge in [-0.1, -0.05) is 23.4 Å². The van der Waals surface area contributed by atoms with Crippen molar-refractivity contribution in [3.05, 3.63) is 22.7 Å². The van der Waals surface area contributed by atoms with E-state index in [1.54, 1.807) is 0 Å². The summed E-state index contributed by atoms with van der Waals surface area (Å²) in [5, 5.41) is 28.2. The minimum Gasteiger partial charge on any atom is -0.507 e. The van der Waals surface area contributed by atoms with Crippen molar-refractivity contribution in [2.45, 2.75) is 11.7 Å². The molecule has 0 radical (unpaired) electrons. The first-order chi connectivity index (χ1) is 10.9. The van der Waals surface area contributed by atoms with Gasteiger partial charge in [0.2, 0.25) is 5.91 Å². The van der Waals surface area contributed by atoms with Gasteiger partial charge in [0.05, 0.1) is 24.8 Å². The number of benzene rings is 1. The quantitative estimate of drug-likeness (QED) is 0.541. The summed E-state index contributed by atoms with van der Waals surface area (Å²) in [5.41, 5.74) is 0.316. The van der Waals surface area contributed by atoms with Gasteiger partial charge in [0.25, 0.3) is 0 Å². The number of carboxylic acids is 1. The van der Waals surface area contributed by atoms with Crippen LogP contribution in [0.15, 0.2) is 22.3 Å². The van der Waals surface area contributed by atoms with Gasteiger partial charge >= 0.3 is 5.97 Å². The Morgan fingerprint density at radius 2 is 2.30 bits per heavy atom. The number of rotatable bonds is 5. The van der Waals surface area contributed by atoms with E-state index in [0.717, 1.165) is 11.8 Å². The summed E-state index contributed by atoms with van der Waals surface area (Å²) in [6.45, 7) is 0. The first-order valence-corrected chi connectivity index (χ1v) is 7.53. The van der Waals surface area contributed by atoms with Crippen LogP contribution in [0.1, 0.15) is 12.0 Å². The van der Waals surface area contributed by atoms with Gasteiger partial charge in [-0.3, -0.25) is 9.59 Å². The highest BCUT2D eigenvalue weighted by molar-refractivity contribution is 8.15.